The standard InChI is InChI=1S/C16H7BrClF4N3/c17-8-3-1-7(2-4-8)10-5-9(6-23)25(24-10)16-14(21)12(19)11(18)13(20)15(16)22/h1-4,9H,5H2/t9-/m0/s1. The molecule has 2 aromatic carbocycles. The fourth-order valence-corrected chi connectivity index (χ4v) is 2.86. The maximum absolute atomic E-state index is 14.2. The van der Waals surface area contributed by atoms with Gasteiger partial charge in [-0.1, -0.05) is 39.7 Å². The summed E-state index contributed by atoms with van der Waals surface area (Å²) in [5, 5.41) is 12.6. The van der Waals surface area contributed by atoms with Crippen LogP contribution in [-0.4, -0.2) is 11.8 Å². The molecule has 0 saturated carbocycles. The van der Waals surface area contributed by atoms with Crippen molar-refractivity contribution in [3.8, 4) is 6.07 Å². The van der Waals surface area contributed by atoms with Crippen molar-refractivity contribution in [2.75, 3.05) is 5.01 Å². The van der Waals surface area contributed by atoms with E-state index in [1.807, 2.05) is 6.07 Å². The van der Waals surface area contributed by atoms with E-state index in [2.05, 4.69) is 21.0 Å². The fourth-order valence-electron chi connectivity index (χ4n) is 2.43. The summed E-state index contributed by atoms with van der Waals surface area (Å²) in [7, 11) is 0. The molecule has 0 N–H and O–H groups in total. The molecule has 3 nitrogen and oxygen atoms in total. The summed E-state index contributed by atoms with van der Waals surface area (Å²) >= 11 is 8.49. The summed E-state index contributed by atoms with van der Waals surface area (Å²) in [5.74, 6) is -6.88. The normalized spacial score (nSPS) is 16.8. The third kappa shape index (κ3) is 2.98. The Morgan fingerprint density at radius 1 is 1.08 bits per heavy atom. The van der Waals surface area contributed by atoms with Gasteiger partial charge >= 0.3 is 0 Å². The van der Waals surface area contributed by atoms with Crippen molar-refractivity contribution >= 4 is 38.9 Å². The second kappa shape index (κ2) is 6.65. The molecule has 0 radical (unpaired) electrons. The van der Waals surface area contributed by atoms with Crippen LogP contribution in [0.3, 0.4) is 0 Å². The van der Waals surface area contributed by atoms with Crippen LogP contribution in [0, 0.1) is 34.6 Å². The van der Waals surface area contributed by atoms with Crippen molar-refractivity contribution in [2.45, 2.75) is 12.5 Å². The minimum absolute atomic E-state index is 0.0306. The molecule has 0 amide bonds. The number of anilines is 1. The van der Waals surface area contributed by atoms with Crippen LogP contribution in [0.25, 0.3) is 0 Å². The van der Waals surface area contributed by atoms with E-state index in [4.69, 9.17) is 11.6 Å². The zero-order valence-electron chi connectivity index (χ0n) is 12.2. The summed E-state index contributed by atoms with van der Waals surface area (Å²) in [6, 6.07) is 7.54. The van der Waals surface area contributed by atoms with E-state index in [1.54, 1.807) is 24.3 Å². The van der Waals surface area contributed by atoms with Gasteiger partial charge in [0.05, 0.1) is 11.8 Å². The van der Waals surface area contributed by atoms with Crippen molar-refractivity contribution in [3.63, 3.8) is 0 Å². The first-order valence-electron chi connectivity index (χ1n) is 6.88. The molecule has 1 heterocycles. The average molecular weight is 433 g/mol. The van der Waals surface area contributed by atoms with Gasteiger partial charge in [-0.15, -0.1) is 0 Å². The second-order valence-corrected chi connectivity index (χ2v) is 6.46. The number of hydrazone groups is 1. The largest absolute Gasteiger partial charge is 0.241 e. The fraction of sp³-hybridized carbons (Fsp3) is 0.125. The van der Waals surface area contributed by atoms with Crippen LogP contribution in [0.1, 0.15) is 12.0 Å². The summed E-state index contributed by atoms with van der Waals surface area (Å²) in [5.41, 5.74) is -0.117. The topological polar surface area (TPSA) is 39.4 Å². The Balaban J connectivity index is 2.13. The van der Waals surface area contributed by atoms with E-state index in [9.17, 15) is 22.8 Å². The number of hydrogen-bond acceptors (Lipinski definition) is 3. The highest BCUT2D eigenvalue weighted by Gasteiger charge is 2.36. The lowest BCUT2D eigenvalue weighted by atomic mass is 10.0. The summed E-state index contributed by atoms with van der Waals surface area (Å²) < 4.78 is 56.5. The molecule has 3 rings (SSSR count). The van der Waals surface area contributed by atoms with Crippen molar-refractivity contribution in [1.29, 1.82) is 5.26 Å². The molecule has 1 aliphatic heterocycles. The minimum atomic E-state index is -1.74. The van der Waals surface area contributed by atoms with Crippen LogP contribution in [0.4, 0.5) is 23.2 Å². The van der Waals surface area contributed by atoms with Crippen LogP contribution < -0.4 is 5.01 Å². The Labute approximate surface area is 153 Å². The predicted molar refractivity (Wildman–Crippen MR) is 88.5 cm³/mol. The number of benzene rings is 2. The van der Waals surface area contributed by atoms with E-state index in [1.165, 1.54) is 0 Å². The molecule has 0 unspecified atom stereocenters. The molecule has 1 aliphatic rings. The van der Waals surface area contributed by atoms with E-state index in [0.717, 1.165) is 4.47 Å². The third-order valence-electron chi connectivity index (χ3n) is 3.65. The number of hydrogen-bond donors (Lipinski definition) is 0. The maximum atomic E-state index is 14.2. The van der Waals surface area contributed by atoms with E-state index < -0.39 is 40.0 Å². The molecule has 1 atom stereocenters. The van der Waals surface area contributed by atoms with Gasteiger partial charge < -0.3 is 0 Å². The van der Waals surface area contributed by atoms with Gasteiger partial charge in [0.2, 0.25) is 0 Å². The molecule has 0 fully saturated rings. The molecule has 2 aromatic rings. The van der Waals surface area contributed by atoms with E-state index in [0.29, 0.717) is 16.3 Å². The Morgan fingerprint density at radius 3 is 2.16 bits per heavy atom. The van der Waals surface area contributed by atoms with Crippen molar-refractivity contribution < 1.29 is 17.6 Å². The third-order valence-corrected chi connectivity index (χ3v) is 4.51. The molecule has 9 heteroatoms. The van der Waals surface area contributed by atoms with Crippen LogP contribution in [0.15, 0.2) is 33.8 Å². The lowest BCUT2D eigenvalue weighted by Gasteiger charge is -2.20. The molecule has 128 valence electrons. The second-order valence-electron chi connectivity index (χ2n) is 5.17. The van der Waals surface area contributed by atoms with Gasteiger partial charge in [0.25, 0.3) is 0 Å². The first-order chi connectivity index (χ1) is 11.8. The van der Waals surface area contributed by atoms with Gasteiger partial charge in [0.1, 0.15) is 16.8 Å². The van der Waals surface area contributed by atoms with Gasteiger partial charge in [0, 0.05) is 10.9 Å². The molecular formula is C16H7BrClF4N3. The van der Waals surface area contributed by atoms with Crippen LogP contribution >= 0.6 is 27.5 Å². The quantitative estimate of drug-likeness (QED) is 0.373. The Morgan fingerprint density at radius 2 is 1.64 bits per heavy atom. The first kappa shape index (κ1) is 17.7. The number of nitrogens with zero attached hydrogens (tertiary/aromatic N) is 3. The van der Waals surface area contributed by atoms with Gasteiger partial charge in [-0.05, 0) is 17.7 Å². The Bertz CT molecular complexity index is 895. The molecule has 0 aliphatic carbocycles. The highest BCUT2D eigenvalue weighted by Crippen LogP contribution is 2.37. The van der Waals surface area contributed by atoms with Crippen molar-refractivity contribution in [2.24, 2.45) is 5.10 Å². The van der Waals surface area contributed by atoms with Crippen LogP contribution in [0.2, 0.25) is 5.02 Å². The van der Waals surface area contributed by atoms with Crippen molar-refractivity contribution in [1.82, 2.24) is 0 Å². The summed E-state index contributed by atoms with van der Waals surface area (Å²) in [6.45, 7) is 0. The molecule has 0 saturated heterocycles. The molecule has 0 aromatic heterocycles. The number of nitriles is 1. The zero-order chi connectivity index (χ0) is 18.3. The van der Waals surface area contributed by atoms with Crippen LogP contribution in [0.5, 0.6) is 0 Å². The first-order valence-corrected chi connectivity index (χ1v) is 8.06. The lowest BCUT2D eigenvalue weighted by Crippen LogP contribution is -2.27. The van der Waals surface area contributed by atoms with Gasteiger partial charge in [-0.3, -0.25) is 0 Å². The lowest BCUT2D eigenvalue weighted by molar-refractivity contribution is 0.451. The molecular weight excluding hydrogens is 426 g/mol. The molecule has 0 bridgehead atoms. The zero-order valence-corrected chi connectivity index (χ0v) is 14.5. The highest BCUT2D eigenvalue weighted by molar-refractivity contribution is 9.10. The smallest absolute Gasteiger partial charge is 0.188 e. The Hall–Kier alpha value is -2.11. The van der Waals surface area contributed by atoms with Gasteiger partial charge in [0.15, 0.2) is 23.3 Å². The summed E-state index contributed by atoms with van der Waals surface area (Å²) in [4.78, 5) is 0. The molecule has 0 spiro atoms. The highest BCUT2D eigenvalue weighted by atomic mass is 79.9. The monoisotopic (exact) mass is 431 g/mol. The summed E-state index contributed by atoms with van der Waals surface area (Å²) in [6.07, 6.45) is 0.0306. The van der Waals surface area contributed by atoms with Crippen LogP contribution in [-0.2, 0) is 0 Å². The minimum Gasteiger partial charge on any atom is -0.241 e. The average Bonchev–Trinajstić information content (AvgIpc) is 3.03. The van der Waals surface area contributed by atoms with E-state index in [-0.39, 0.29) is 6.42 Å². The van der Waals surface area contributed by atoms with Gasteiger partial charge in [-0.25, -0.2) is 22.6 Å². The van der Waals surface area contributed by atoms with Gasteiger partial charge in [-0.2, -0.15) is 10.4 Å². The number of halogens is 6. The number of rotatable bonds is 2. The SMILES string of the molecule is N#C[C@@H]1CC(c2ccc(Br)cc2)=NN1c1c(F)c(F)c(Cl)c(F)c1F. The Kier molecular flexibility index (Phi) is 4.71. The predicted octanol–water partition coefficient (Wildman–Crippen LogP) is 5.17. The molecule has 25 heavy (non-hydrogen) atoms. The van der Waals surface area contributed by atoms with Crippen molar-refractivity contribution in [3.05, 3.63) is 62.6 Å². The maximum Gasteiger partial charge on any atom is 0.188 e. The van der Waals surface area contributed by atoms with E-state index >= 15 is 0 Å².